The normalized spacial score (nSPS) is 20.9. The number of carboxylic acids is 1. The molecule has 0 saturated carbocycles. The van der Waals surface area contributed by atoms with Crippen molar-refractivity contribution in [2.75, 3.05) is 26.2 Å². The predicted molar refractivity (Wildman–Crippen MR) is 374 cm³/mol. The fourth-order valence-corrected chi connectivity index (χ4v) is 13.1. The Morgan fingerprint density at radius 1 is 0.462 bits per heavy atom. The van der Waals surface area contributed by atoms with E-state index in [-0.39, 0.29) is 96.2 Å². The van der Waals surface area contributed by atoms with Crippen LogP contribution in [0.2, 0.25) is 40.2 Å². The minimum absolute atomic E-state index is 0.0113. The highest BCUT2D eigenvalue weighted by molar-refractivity contribution is 9.10. The number of aliphatic carboxylic acids is 1. The first-order chi connectivity index (χ1) is 47.6. The minimum Gasteiger partial charge on any atom is -0.480 e. The highest BCUT2D eigenvalue weighted by atomic mass is 79.9. The van der Waals surface area contributed by atoms with Gasteiger partial charge in [0.05, 0.1) is 68.5 Å². The number of ether oxygens (including phenoxy) is 3. The van der Waals surface area contributed by atoms with Gasteiger partial charge in [-0.15, -0.1) is 5.06 Å². The van der Waals surface area contributed by atoms with Crippen molar-refractivity contribution in [1.82, 2.24) is 30.1 Å². The van der Waals surface area contributed by atoms with Crippen molar-refractivity contribution in [2.24, 2.45) is 0 Å². The molecular weight excluding hydrogens is 1700 g/mol. The molecule has 0 aromatic heterocycles. The van der Waals surface area contributed by atoms with Gasteiger partial charge in [0.1, 0.15) is 28.9 Å². The average Bonchev–Trinajstić information content (AvgIpc) is 1.59. The van der Waals surface area contributed by atoms with Crippen LogP contribution in [0, 0.1) is 0 Å². The van der Waals surface area contributed by atoms with E-state index in [4.69, 9.17) is 122 Å². The summed E-state index contributed by atoms with van der Waals surface area (Å²) in [6, 6.07) is 10.3. The second-order valence-corrected chi connectivity index (χ2v) is 31.9. The number of hydroxylamine groups is 4. The lowest BCUT2D eigenvalue weighted by molar-refractivity contribution is -0.182. The number of halogens is 18. The molecule has 0 aliphatic carbocycles. The van der Waals surface area contributed by atoms with Gasteiger partial charge < -0.3 is 34.4 Å². The molecule has 4 aromatic rings. The van der Waals surface area contributed by atoms with Crippen molar-refractivity contribution in [3.05, 3.63) is 131 Å². The summed E-state index contributed by atoms with van der Waals surface area (Å²) in [7, 11) is 0. The van der Waals surface area contributed by atoms with Crippen LogP contribution in [-0.4, -0.2) is 168 Å². The summed E-state index contributed by atoms with van der Waals surface area (Å²) in [5.74, 6) is -18.9. The first-order valence-electron chi connectivity index (χ1n) is 31.0. The zero-order valence-corrected chi connectivity index (χ0v) is 65.4. The highest BCUT2D eigenvalue weighted by Gasteiger charge is 2.52. The van der Waals surface area contributed by atoms with Gasteiger partial charge in [0, 0.05) is 92.5 Å². The van der Waals surface area contributed by atoms with Gasteiger partial charge in [-0.3, -0.25) is 34.2 Å². The smallest absolute Gasteiger partial charge is 0.411 e. The van der Waals surface area contributed by atoms with E-state index in [1.54, 1.807) is 86.6 Å². The molecule has 0 spiro atoms. The van der Waals surface area contributed by atoms with E-state index in [1.165, 1.54) is 4.90 Å². The molecular formula is C65H66Br2Cl8F8N6O15. The van der Waals surface area contributed by atoms with Crippen molar-refractivity contribution in [3.8, 4) is 0 Å². The molecule has 10 rings (SSSR count). The molecule has 21 nitrogen and oxygen atoms in total. The van der Waals surface area contributed by atoms with Crippen LogP contribution >= 0.6 is 125 Å². The van der Waals surface area contributed by atoms with Crippen LogP contribution < -0.4 is 5.32 Å². The number of carbonyl (C=O) groups excluding carboxylic acids is 8. The molecule has 39 heteroatoms. The lowest BCUT2D eigenvalue weighted by Gasteiger charge is -2.40. The quantitative estimate of drug-likeness (QED) is 0.0419. The van der Waals surface area contributed by atoms with Crippen LogP contribution in [0.15, 0.2) is 57.5 Å². The van der Waals surface area contributed by atoms with Gasteiger partial charge in [-0.2, -0.15) is 0 Å². The number of benzene rings is 4. The summed E-state index contributed by atoms with van der Waals surface area (Å²) in [5, 5.41) is 19.0. The molecule has 7 amide bonds. The Morgan fingerprint density at radius 3 is 1.14 bits per heavy atom. The number of nitrogens with one attached hydrogen (secondary N) is 1. The number of nitrogens with zero attached hydrogens (tertiary/aromatic N) is 5. The third kappa shape index (κ3) is 22.4. The molecule has 4 saturated heterocycles. The van der Waals surface area contributed by atoms with Crippen molar-refractivity contribution < 1.29 is 108 Å². The highest BCUT2D eigenvalue weighted by Crippen LogP contribution is 2.48. The summed E-state index contributed by atoms with van der Waals surface area (Å²) in [5.41, 5.74) is -2.21. The first kappa shape index (κ1) is 87.5. The van der Waals surface area contributed by atoms with E-state index in [0.717, 1.165) is 24.3 Å². The number of carboxylic acid groups (broad SMARTS) is 1. The molecule has 3 N–H and O–H groups in total. The van der Waals surface area contributed by atoms with E-state index in [9.17, 15) is 78.3 Å². The third-order valence-electron chi connectivity index (χ3n) is 15.4. The molecule has 104 heavy (non-hydrogen) atoms. The number of imide groups is 2. The fraction of sp³-hybridized carbons (Fsp3) is 0.492. The maximum absolute atomic E-state index is 14.1. The van der Waals surface area contributed by atoms with Crippen LogP contribution in [-0.2, 0) is 28.6 Å². The van der Waals surface area contributed by atoms with E-state index in [2.05, 4.69) is 37.2 Å². The van der Waals surface area contributed by atoms with Gasteiger partial charge in [-0.1, -0.05) is 154 Å². The van der Waals surface area contributed by atoms with Crippen LogP contribution in [0.25, 0.3) is 0 Å². The lowest BCUT2D eigenvalue weighted by atomic mass is 9.93. The summed E-state index contributed by atoms with van der Waals surface area (Å²) in [6.45, 7) is 14.4. The number of likely N-dealkylation sites (tertiary alicyclic amines) is 3. The van der Waals surface area contributed by atoms with Gasteiger partial charge >= 0.3 is 30.2 Å². The Morgan fingerprint density at radius 2 is 0.779 bits per heavy atom. The number of rotatable bonds is 5. The van der Waals surface area contributed by atoms with E-state index < -0.39 is 166 Å². The number of alkyl halides is 8. The molecule has 0 bridgehead atoms. The van der Waals surface area contributed by atoms with E-state index in [1.807, 2.05) is 24.3 Å². The zero-order valence-electron chi connectivity index (χ0n) is 56.2. The van der Waals surface area contributed by atoms with E-state index in [0.29, 0.717) is 12.1 Å². The predicted octanol–water partition coefficient (Wildman–Crippen LogP) is 19.4. The maximum Gasteiger partial charge on any atom is 0.411 e. The Labute approximate surface area is 647 Å². The molecule has 6 aliphatic rings. The molecule has 0 radical (unpaired) electrons. The van der Waals surface area contributed by atoms with Crippen molar-refractivity contribution in [2.45, 2.75) is 178 Å². The fourth-order valence-electron chi connectivity index (χ4n) is 10.6. The largest absolute Gasteiger partial charge is 0.480 e. The molecule has 4 fully saturated rings. The van der Waals surface area contributed by atoms with Crippen molar-refractivity contribution in [3.63, 3.8) is 0 Å². The van der Waals surface area contributed by atoms with Crippen molar-refractivity contribution in [1.29, 1.82) is 0 Å². The van der Waals surface area contributed by atoms with Crippen LogP contribution in [0.5, 0.6) is 0 Å². The zero-order chi connectivity index (χ0) is 78.8. The number of amides is 7. The van der Waals surface area contributed by atoms with Gasteiger partial charge in [-0.05, 0) is 97.7 Å². The summed E-state index contributed by atoms with van der Waals surface area (Å²) < 4.78 is 126. The summed E-state index contributed by atoms with van der Waals surface area (Å²) in [4.78, 5) is 117. The Bertz CT molecular complexity index is 3900. The monoisotopic (exact) mass is 1760 g/mol. The SMILES string of the molecule is CC(C)(C)OC(=O)N1CCC(F)(F)CC1C(=O)O.CC(C)(C)OC(=O)N1CCC(F)(F)CC1C(=O)ON1C(=O)c2c(Cl)c(Cl)c(Cl)c(Cl)c2C1=O.CC(C)(C)OC(=O)N1CCC(F)(F)CC1c1ccc(Br)cc1.FC1(F)CCNC(c2ccc(Br)cc2)C1.O=C1c2c(Cl)c(Cl)c(Cl)c(Cl)c2C(=O)N1O. The minimum atomic E-state index is -3.31. The van der Waals surface area contributed by atoms with Gasteiger partial charge in [-0.25, -0.2) is 59.1 Å². The van der Waals surface area contributed by atoms with Crippen molar-refractivity contribution >= 4 is 179 Å². The second kappa shape index (κ2) is 34.0. The molecule has 572 valence electrons. The molecule has 4 unspecified atom stereocenters. The second-order valence-electron chi connectivity index (χ2n) is 27.0. The van der Waals surface area contributed by atoms with E-state index >= 15 is 0 Å². The topological polar surface area (TPSA) is 259 Å². The van der Waals surface area contributed by atoms with Gasteiger partial charge in [0.15, 0.2) is 0 Å². The Balaban J connectivity index is 0.000000211. The third-order valence-corrected chi connectivity index (χ3v) is 20.1. The number of fused-ring (bicyclic) bond motifs is 2. The van der Waals surface area contributed by atoms with Crippen LogP contribution in [0.3, 0.4) is 0 Å². The lowest BCUT2D eigenvalue weighted by Crippen LogP contribution is -2.55. The first-order valence-corrected chi connectivity index (χ1v) is 35.6. The molecule has 4 aromatic carbocycles. The number of hydrogen-bond donors (Lipinski definition) is 3. The van der Waals surface area contributed by atoms with Gasteiger partial charge in [0.25, 0.3) is 47.3 Å². The Kier molecular flexibility index (Phi) is 28.6. The number of carbonyl (C=O) groups is 9. The van der Waals surface area contributed by atoms with Crippen LogP contribution in [0.1, 0.15) is 178 Å². The average molecular weight is 1770 g/mol. The van der Waals surface area contributed by atoms with Crippen LogP contribution in [0.4, 0.5) is 49.5 Å². The number of piperidine rings is 4. The molecule has 6 aliphatic heterocycles. The molecule has 4 atom stereocenters. The summed E-state index contributed by atoms with van der Waals surface area (Å²) in [6.07, 6.45) is -6.56. The Hall–Kier alpha value is -5.45. The van der Waals surface area contributed by atoms with Gasteiger partial charge in [0.2, 0.25) is 0 Å². The summed E-state index contributed by atoms with van der Waals surface area (Å²) >= 11 is 53.4. The number of hydrogen-bond acceptors (Lipinski definition) is 15. The maximum atomic E-state index is 14.1. The molecule has 6 heterocycles. The standard InChI is InChI=1S/C19H16Cl4F2N2O6.C16H20BrF2NO2.C11H12BrF2N.C11H17F2NO4.C8HCl4NO3/c1-18(2,3)32-17(31)26-5-4-19(24,25)6-7(26)16(30)33-27-14(28)8-9(15(27)29)11(21)13(23)12(22)10(8)20;1-15(2,3)22-14(21)20-9-8-16(18,19)10-13(20)11-4-6-12(17)7-5-11;12-9-3-1-8(2-4-9)10-7-11(13,14)5-6-15-10;1-10(2,3)18-9(17)14-5-4-11(12,13)6-7(14)8(15)16;9-3-1-2(4(10)6(12)5(3)11)8(15)13(16)7(1)14/h7H,4-6H2,1-3H3;4-7,13H,8-10H2,1-3H3;1-4,10,15H,5-7H2;7H,4-6H2,1-3H3,(H,15,16);16H.